The van der Waals surface area contributed by atoms with E-state index in [9.17, 15) is 0 Å². The summed E-state index contributed by atoms with van der Waals surface area (Å²) in [6.07, 6.45) is 6.87. The molecule has 1 aliphatic carbocycles. The summed E-state index contributed by atoms with van der Waals surface area (Å²) in [4.78, 5) is 0. The van der Waals surface area contributed by atoms with Gasteiger partial charge in [-0.2, -0.15) is 5.10 Å². The van der Waals surface area contributed by atoms with Gasteiger partial charge in [-0.05, 0) is 65.6 Å². The molecule has 1 saturated heterocycles. The van der Waals surface area contributed by atoms with Crippen molar-refractivity contribution in [2.45, 2.75) is 123 Å². The lowest BCUT2D eigenvalue weighted by Gasteiger charge is -2.43. The zero-order valence-electron chi connectivity index (χ0n) is 20.3. The fourth-order valence-corrected chi connectivity index (χ4v) is 5.41. The van der Waals surface area contributed by atoms with Gasteiger partial charge in [-0.1, -0.05) is 33.6 Å². The monoisotopic (exact) mass is 420 g/mol. The Morgan fingerprint density at radius 3 is 2.21 bits per heavy atom. The Labute approximate surface area is 179 Å². The number of rotatable bonds is 4. The summed E-state index contributed by atoms with van der Waals surface area (Å²) in [5.74, 6) is 0. The number of hydrogen-bond donors (Lipinski definition) is 0. The third-order valence-corrected chi connectivity index (χ3v) is 12.3. The van der Waals surface area contributed by atoms with Crippen molar-refractivity contribution in [1.82, 2.24) is 9.78 Å². The molecule has 5 nitrogen and oxygen atoms in total. The van der Waals surface area contributed by atoms with Gasteiger partial charge in [0, 0.05) is 17.4 Å². The molecule has 7 heteroatoms. The summed E-state index contributed by atoms with van der Waals surface area (Å²) < 4.78 is 21.6. The third-order valence-electron chi connectivity index (χ3n) is 7.82. The van der Waals surface area contributed by atoms with Gasteiger partial charge in [0.05, 0.1) is 23.3 Å². The predicted molar refractivity (Wildman–Crippen MR) is 122 cm³/mol. The van der Waals surface area contributed by atoms with Crippen molar-refractivity contribution >= 4 is 20.9 Å². The normalized spacial score (nSPS) is 27.4. The van der Waals surface area contributed by atoms with Gasteiger partial charge >= 0.3 is 7.12 Å². The molecule has 2 heterocycles. The minimum Gasteiger partial charge on any atom is -0.412 e. The van der Waals surface area contributed by atoms with Crippen LogP contribution in [-0.2, 0) is 13.7 Å². The van der Waals surface area contributed by atoms with Crippen LogP contribution in [0.15, 0.2) is 6.20 Å². The van der Waals surface area contributed by atoms with Crippen molar-refractivity contribution < 1.29 is 13.7 Å². The molecule has 0 spiro atoms. The molecule has 3 rings (SSSR count). The van der Waals surface area contributed by atoms with Crippen LogP contribution < -0.4 is 5.46 Å². The van der Waals surface area contributed by atoms with Gasteiger partial charge < -0.3 is 13.7 Å². The Balaban J connectivity index is 1.85. The van der Waals surface area contributed by atoms with Crippen LogP contribution >= 0.6 is 0 Å². The van der Waals surface area contributed by atoms with Crippen molar-refractivity contribution in [3.8, 4) is 0 Å². The van der Waals surface area contributed by atoms with Crippen LogP contribution in [0.4, 0.5) is 0 Å². The van der Waals surface area contributed by atoms with Crippen LogP contribution in [0.25, 0.3) is 0 Å². The van der Waals surface area contributed by atoms with E-state index in [1.807, 2.05) is 6.20 Å². The SMILES string of the molecule is Cc1c(B2OC(C)(C)C(C)(C)O2)cnn1C1CCCCC1O[Si](C)(C)C(C)(C)C. The van der Waals surface area contributed by atoms with Gasteiger partial charge in [0.1, 0.15) is 0 Å². The fraction of sp³-hybridized carbons (Fsp3) is 0.864. The van der Waals surface area contributed by atoms with Gasteiger partial charge in [0.2, 0.25) is 0 Å². The van der Waals surface area contributed by atoms with E-state index in [0.29, 0.717) is 0 Å². The standard InChI is InChI=1S/C22H41BN2O3Si/c1-16-17(23-27-21(5,6)22(7,8)28-23)15-24-25(16)18-13-11-12-14-19(18)26-29(9,10)20(2,3)4/h15,18-19H,11-14H2,1-10H3. The van der Waals surface area contributed by atoms with Gasteiger partial charge in [0.25, 0.3) is 0 Å². The predicted octanol–water partition coefficient (Wildman–Crippen LogP) is 5.00. The van der Waals surface area contributed by atoms with E-state index in [1.54, 1.807) is 0 Å². The molecule has 0 N–H and O–H groups in total. The highest BCUT2D eigenvalue weighted by Crippen LogP contribution is 2.42. The van der Waals surface area contributed by atoms with Crippen LogP contribution in [-0.4, -0.2) is 42.5 Å². The van der Waals surface area contributed by atoms with Gasteiger partial charge in [-0.25, -0.2) is 0 Å². The first-order valence-electron chi connectivity index (χ1n) is 11.2. The molecule has 1 aromatic rings. The van der Waals surface area contributed by atoms with Crippen molar-refractivity contribution in [2.75, 3.05) is 0 Å². The summed E-state index contributed by atoms with van der Waals surface area (Å²) in [7, 11) is -2.20. The van der Waals surface area contributed by atoms with Crippen LogP contribution in [0.2, 0.25) is 18.1 Å². The Morgan fingerprint density at radius 1 is 1.10 bits per heavy atom. The Morgan fingerprint density at radius 2 is 1.66 bits per heavy atom. The fourth-order valence-electron chi connectivity index (χ4n) is 4.02. The highest BCUT2D eigenvalue weighted by Gasteiger charge is 2.53. The van der Waals surface area contributed by atoms with Gasteiger partial charge in [0.15, 0.2) is 8.32 Å². The van der Waals surface area contributed by atoms with Crippen molar-refractivity contribution in [3.63, 3.8) is 0 Å². The van der Waals surface area contributed by atoms with E-state index in [0.717, 1.165) is 24.0 Å². The minimum absolute atomic E-state index is 0.210. The Hall–Kier alpha value is -0.628. The molecule has 0 radical (unpaired) electrons. The number of aromatic nitrogens is 2. The molecule has 0 aromatic carbocycles. The average Bonchev–Trinajstić information content (AvgIpc) is 3.03. The molecule has 0 bridgehead atoms. The van der Waals surface area contributed by atoms with E-state index in [1.165, 1.54) is 12.8 Å². The van der Waals surface area contributed by atoms with E-state index in [2.05, 4.69) is 73.2 Å². The number of nitrogens with zero attached hydrogens (tertiary/aromatic N) is 2. The maximum atomic E-state index is 6.88. The molecular formula is C22H41BN2O3Si. The van der Waals surface area contributed by atoms with E-state index in [4.69, 9.17) is 18.8 Å². The highest BCUT2D eigenvalue weighted by atomic mass is 28.4. The first-order valence-corrected chi connectivity index (χ1v) is 14.1. The smallest absolute Gasteiger partial charge is 0.412 e. The van der Waals surface area contributed by atoms with E-state index < -0.39 is 8.32 Å². The molecule has 29 heavy (non-hydrogen) atoms. The molecule has 1 saturated carbocycles. The maximum Gasteiger partial charge on any atom is 0.498 e. The summed E-state index contributed by atoms with van der Waals surface area (Å²) >= 11 is 0. The Bertz CT molecular complexity index is 723. The lowest BCUT2D eigenvalue weighted by Crippen LogP contribution is -2.47. The van der Waals surface area contributed by atoms with Gasteiger partial charge in [-0.15, -0.1) is 0 Å². The topological polar surface area (TPSA) is 45.5 Å². The van der Waals surface area contributed by atoms with Crippen LogP contribution in [0.1, 0.15) is 85.9 Å². The molecular weight excluding hydrogens is 379 g/mol. The van der Waals surface area contributed by atoms with E-state index in [-0.39, 0.29) is 35.5 Å². The summed E-state index contributed by atoms with van der Waals surface area (Å²) in [6, 6.07) is 0.286. The highest BCUT2D eigenvalue weighted by molar-refractivity contribution is 6.74. The molecule has 2 unspecified atom stereocenters. The molecule has 164 valence electrons. The van der Waals surface area contributed by atoms with E-state index >= 15 is 0 Å². The summed E-state index contributed by atoms with van der Waals surface area (Å²) in [5.41, 5.74) is 1.50. The van der Waals surface area contributed by atoms with Gasteiger partial charge in [-0.3, -0.25) is 4.68 Å². The number of hydrogen-bond acceptors (Lipinski definition) is 4. The molecule has 1 aliphatic heterocycles. The lowest BCUT2D eigenvalue weighted by atomic mass is 9.79. The lowest BCUT2D eigenvalue weighted by molar-refractivity contribution is 0.00578. The molecule has 2 fully saturated rings. The first-order chi connectivity index (χ1) is 13.2. The summed E-state index contributed by atoms with van der Waals surface area (Å²) in [5, 5.41) is 5.02. The van der Waals surface area contributed by atoms with Crippen molar-refractivity contribution in [3.05, 3.63) is 11.9 Å². The van der Waals surface area contributed by atoms with Crippen molar-refractivity contribution in [1.29, 1.82) is 0 Å². The molecule has 1 aromatic heterocycles. The largest absolute Gasteiger partial charge is 0.498 e. The van der Waals surface area contributed by atoms with Crippen LogP contribution in [0, 0.1) is 6.92 Å². The summed E-state index contributed by atoms with van der Waals surface area (Å²) in [6.45, 7) is 22.2. The second-order valence-electron chi connectivity index (χ2n) is 11.5. The third kappa shape index (κ3) is 4.25. The zero-order chi connectivity index (χ0) is 21.8. The maximum absolute atomic E-state index is 6.88. The molecule has 2 atom stereocenters. The molecule has 2 aliphatic rings. The zero-order valence-corrected chi connectivity index (χ0v) is 21.3. The quantitative estimate of drug-likeness (QED) is 0.644. The second kappa shape index (κ2) is 7.50. The molecule has 0 amide bonds. The minimum atomic E-state index is -1.83. The Kier molecular flexibility index (Phi) is 5.96. The van der Waals surface area contributed by atoms with Crippen molar-refractivity contribution in [2.24, 2.45) is 0 Å². The second-order valence-corrected chi connectivity index (χ2v) is 16.2. The first kappa shape index (κ1) is 23.0. The average molecular weight is 420 g/mol. The van der Waals surface area contributed by atoms with Crippen LogP contribution in [0.3, 0.4) is 0 Å². The van der Waals surface area contributed by atoms with Crippen LogP contribution in [0.5, 0.6) is 0 Å².